The Balaban J connectivity index is 1.68. The number of carbonyl (C=O) groups is 5. The van der Waals surface area contributed by atoms with Crippen LogP contribution in [0.5, 0.6) is 0 Å². The third-order valence-electron chi connectivity index (χ3n) is 7.02. The minimum Gasteiger partial charge on any atom is -0.356 e. The molecule has 39 heavy (non-hydrogen) atoms. The normalized spacial score (nSPS) is 17.7. The number of nitrogens with one attached hydrogen (secondary N) is 4. The molecule has 4 amide bonds. The van der Waals surface area contributed by atoms with Gasteiger partial charge in [0.25, 0.3) is 5.91 Å². The number of piperidine rings is 1. The Bertz CT molecular complexity index is 1190. The van der Waals surface area contributed by atoms with Crippen LogP contribution in [0.4, 0.5) is 0 Å². The molecule has 1 fully saturated rings. The van der Waals surface area contributed by atoms with Gasteiger partial charge in [-0.2, -0.15) is 0 Å². The maximum atomic E-state index is 13.3. The lowest BCUT2D eigenvalue weighted by atomic mass is 9.91. The number of carbonyl (C=O) groups excluding carboxylic acids is 5. The summed E-state index contributed by atoms with van der Waals surface area (Å²) >= 11 is 0. The van der Waals surface area contributed by atoms with E-state index >= 15 is 0 Å². The van der Waals surface area contributed by atoms with Crippen LogP contribution in [-0.2, 0) is 19.2 Å². The third-order valence-corrected chi connectivity index (χ3v) is 7.02. The first-order valence-electron chi connectivity index (χ1n) is 13.7. The highest BCUT2D eigenvalue weighted by Crippen LogP contribution is 2.18. The highest BCUT2D eigenvalue weighted by atomic mass is 16.2. The Morgan fingerprint density at radius 3 is 2.33 bits per heavy atom. The molecular weight excluding hydrogens is 496 g/mol. The zero-order valence-corrected chi connectivity index (χ0v) is 23.2. The summed E-state index contributed by atoms with van der Waals surface area (Å²) in [7, 11) is 0. The number of rotatable bonds is 12. The maximum Gasteiger partial charge on any atom is 0.251 e. The second kappa shape index (κ2) is 13.9. The highest BCUT2D eigenvalue weighted by molar-refractivity contribution is 6.01. The Hall–Kier alpha value is -3.75. The van der Waals surface area contributed by atoms with E-state index in [0.717, 1.165) is 17.2 Å². The van der Waals surface area contributed by atoms with Crippen molar-refractivity contribution in [3.05, 3.63) is 48.0 Å². The fourth-order valence-corrected chi connectivity index (χ4v) is 4.85. The molecule has 3 rings (SSSR count). The molecule has 0 saturated carbocycles. The van der Waals surface area contributed by atoms with Gasteiger partial charge in [-0.25, -0.2) is 0 Å². The standard InChI is InChI=1S/C30H40N4O5/c1-18(2)14-25(29(38)32-24(17-35)16-22-10-7-13-31-27(22)36)33-30(39)26(19(3)4)34-28(37)23-12-11-20-8-5-6-9-21(20)15-23/h5-6,8-9,11-12,15,17-19,22,24-26H,7,10,13-14,16H2,1-4H3,(H,31,36)(H,32,38)(H,33,39)(H,34,37)/t22-,24-,25-,26-/m0/s1. The lowest BCUT2D eigenvalue weighted by Gasteiger charge is -2.28. The molecule has 0 spiro atoms. The summed E-state index contributed by atoms with van der Waals surface area (Å²) in [6, 6.07) is 10.4. The minimum atomic E-state index is -0.904. The van der Waals surface area contributed by atoms with Crippen molar-refractivity contribution in [1.82, 2.24) is 21.3 Å². The molecule has 1 heterocycles. The molecule has 0 aliphatic carbocycles. The number of fused-ring (bicyclic) bond motifs is 1. The molecule has 0 unspecified atom stereocenters. The molecule has 9 heteroatoms. The van der Waals surface area contributed by atoms with Gasteiger partial charge in [0, 0.05) is 18.0 Å². The number of benzene rings is 2. The molecule has 4 atom stereocenters. The van der Waals surface area contributed by atoms with Crippen molar-refractivity contribution in [2.75, 3.05) is 6.54 Å². The van der Waals surface area contributed by atoms with Gasteiger partial charge in [-0.1, -0.05) is 58.0 Å². The van der Waals surface area contributed by atoms with Crippen molar-refractivity contribution >= 4 is 40.7 Å². The van der Waals surface area contributed by atoms with E-state index in [1.165, 1.54) is 0 Å². The highest BCUT2D eigenvalue weighted by Gasteiger charge is 2.32. The summed E-state index contributed by atoms with van der Waals surface area (Å²) in [6.07, 6.45) is 2.67. The lowest BCUT2D eigenvalue weighted by molar-refractivity contribution is -0.132. The number of aldehydes is 1. The molecule has 1 saturated heterocycles. The summed E-state index contributed by atoms with van der Waals surface area (Å²) in [5.41, 5.74) is 0.434. The van der Waals surface area contributed by atoms with Gasteiger partial charge in [-0.15, -0.1) is 0 Å². The van der Waals surface area contributed by atoms with Gasteiger partial charge in [0.2, 0.25) is 17.7 Å². The monoisotopic (exact) mass is 536 g/mol. The van der Waals surface area contributed by atoms with E-state index in [-0.39, 0.29) is 36.0 Å². The summed E-state index contributed by atoms with van der Waals surface area (Å²) in [4.78, 5) is 63.5. The van der Waals surface area contributed by atoms with Crippen LogP contribution in [0.2, 0.25) is 0 Å². The molecule has 0 radical (unpaired) electrons. The molecule has 210 valence electrons. The zero-order valence-electron chi connectivity index (χ0n) is 23.2. The van der Waals surface area contributed by atoms with Gasteiger partial charge in [0.05, 0.1) is 6.04 Å². The van der Waals surface area contributed by atoms with Crippen LogP contribution in [0, 0.1) is 17.8 Å². The number of hydrogen-bond donors (Lipinski definition) is 4. The van der Waals surface area contributed by atoms with E-state index in [1.54, 1.807) is 12.1 Å². The molecule has 2 aromatic rings. The molecule has 9 nitrogen and oxygen atoms in total. The Kier molecular flexibility index (Phi) is 10.6. The van der Waals surface area contributed by atoms with Crippen molar-refractivity contribution in [3.63, 3.8) is 0 Å². The molecular formula is C30H40N4O5. The fourth-order valence-electron chi connectivity index (χ4n) is 4.85. The Labute approximate surface area is 229 Å². The Morgan fingerprint density at radius 1 is 0.974 bits per heavy atom. The summed E-state index contributed by atoms with van der Waals surface area (Å²) < 4.78 is 0. The minimum absolute atomic E-state index is 0.0737. The van der Waals surface area contributed by atoms with Gasteiger partial charge in [-0.05, 0) is 60.4 Å². The largest absolute Gasteiger partial charge is 0.356 e. The first-order chi connectivity index (χ1) is 18.6. The summed E-state index contributed by atoms with van der Waals surface area (Å²) in [6.45, 7) is 8.11. The average Bonchev–Trinajstić information content (AvgIpc) is 2.91. The van der Waals surface area contributed by atoms with Gasteiger partial charge >= 0.3 is 0 Å². The van der Waals surface area contributed by atoms with Crippen molar-refractivity contribution < 1.29 is 24.0 Å². The smallest absolute Gasteiger partial charge is 0.251 e. The second-order valence-corrected chi connectivity index (χ2v) is 11.1. The topological polar surface area (TPSA) is 133 Å². The molecule has 1 aliphatic heterocycles. The van der Waals surface area contributed by atoms with Crippen molar-refractivity contribution in [2.45, 2.75) is 71.5 Å². The van der Waals surface area contributed by atoms with Gasteiger partial charge in [-0.3, -0.25) is 19.2 Å². The maximum absolute atomic E-state index is 13.3. The number of hydrogen-bond acceptors (Lipinski definition) is 5. The van der Waals surface area contributed by atoms with Crippen LogP contribution in [0.15, 0.2) is 42.5 Å². The quantitative estimate of drug-likeness (QED) is 0.310. The van der Waals surface area contributed by atoms with Crippen LogP contribution >= 0.6 is 0 Å². The Morgan fingerprint density at radius 2 is 1.69 bits per heavy atom. The van der Waals surface area contributed by atoms with E-state index in [4.69, 9.17) is 0 Å². The average molecular weight is 537 g/mol. The summed E-state index contributed by atoms with van der Waals surface area (Å²) in [5.74, 6) is -1.98. The second-order valence-electron chi connectivity index (χ2n) is 11.1. The van der Waals surface area contributed by atoms with Crippen LogP contribution in [0.25, 0.3) is 10.8 Å². The fraction of sp³-hybridized carbons (Fsp3) is 0.500. The molecule has 0 aromatic heterocycles. The molecule has 4 N–H and O–H groups in total. The zero-order chi connectivity index (χ0) is 28.5. The molecule has 1 aliphatic rings. The van der Waals surface area contributed by atoms with Gasteiger partial charge in [0.15, 0.2) is 0 Å². The predicted molar refractivity (Wildman–Crippen MR) is 150 cm³/mol. The molecule has 0 bridgehead atoms. The van der Waals surface area contributed by atoms with Crippen molar-refractivity contribution in [3.8, 4) is 0 Å². The van der Waals surface area contributed by atoms with Crippen molar-refractivity contribution in [1.29, 1.82) is 0 Å². The van der Waals surface area contributed by atoms with E-state index in [2.05, 4.69) is 21.3 Å². The number of amides is 4. The predicted octanol–water partition coefficient (Wildman–Crippen LogP) is 2.73. The van der Waals surface area contributed by atoms with E-state index in [0.29, 0.717) is 31.2 Å². The summed E-state index contributed by atoms with van der Waals surface area (Å²) in [5, 5.41) is 13.0. The lowest BCUT2D eigenvalue weighted by Crippen LogP contribution is -2.57. The van der Waals surface area contributed by atoms with E-state index in [1.807, 2.05) is 58.0 Å². The van der Waals surface area contributed by atoms with E-state index < -0.39 is 29.9 Å². The van der Waals surface area contributed by atoms with Gasteiger partial charge in [0.1, 0.15) is 18.4 Å². The third kappa shape index (κ3) is 8.37. The first kappa shape index (κ1) is 29.8. The SMILES string of the molecule is CC(C)C[C@H](NC(=O)[C@@H](NC(=O)c1ccc2ccccc2c1)C(C)C)C(=O)N[C@H](C=O)C[C@@H]1CCCNC1=O. The van der Waals surface area contributed by atoms with Gasteiger partial charge < -0.3 is 26.1 Å². The molecule has 2 aromatic carbocycles. The van der Waals surface area contributed by atoms with Crippen molar-refractivity contribution in [2.24, 2.45) is 17.8 Å². The first-order valence-corrected chi connectivity index (χ1v) is 13.7. The van der Waals surface area contributed by atoms with Crippen LogP contribution in [0.3, 0.4) is 0 Å². The van der Waals surface area contributed by atoms with Crippen LogP contribution in [0.1, 0.15) is 63.7 Å². The van der Waals surface area contributed by atoms with Crippen LogP contribution < -0.4 is 21.3 Å². The van der Waals surface area contributed by atoms with E-state index in [9.17, 15) is 24.0 Å². The van der Waals surface area contributed by atoms with Crippen LogP contribution in [-0.4, -0.2) is 54.6 Å².